The number of nitrogens with one attached hydrogen (secondary N) is 2. The molecule has 2 N–H and O–H groups in total. The zero-order valence-corrected chi connectivity index (χ0v) is 17.9. The number of aryl methyl sites for hydroxylation is 2. The molecule has 4 rings (SSSR count). The Balaban J connectivity index is 0.00000196. The van der Waals surface area contributed by atoms with E-state index in [2.05, 4.69) is 47.0 Å². The molecule has 1 saturated carbocycles. The van der Waals surface area contributed by atoms with Gasteiger partial charge in [0.25, 0.3) is 0 Å². The molecule has 26 heavy (non-hydrogen) atoms. The van der Waals surface area contributed by atoms with Crippen molar-refractivity contribution in [1.29, 1.82) is 0 Å². The van der Waals surface area contributed by atoms with Crippen molar-refractivity contribution in [2.45, 2.75) is 39.7 Å². The summed E-state index contributed by atoms with van der Waals surface area (Å²) in [7, 11) is 0. The highest BCUT2D eigenvalue weighted by Gasteiger charge is 2.54. The molecule has 0 spiro atoms. The minimum Gasteiger partial charge on any atom is -0.361 e. The SMILES string of the molecule is CCNC(=NCc1c(C)noc1C)NCC1C2Cc3ccccc3C12.I. The molecule has 6 heteroatoms. The Labute approximate surface area is 172 Å². The monoisotopic (exact) mass is 466 g/mol. The van der Waals surface area contributed by atoms with Gasteiger partial charge in [0.2, 0.25) is 0 Å². The second kappa shape index (κ2) is 7.98. The summed E-state index contributed by atoms with van der Waals surface area (Å²) in [5, 5.41) is 10.9. The van der Waals surface area contributed by atoms with Crippen molar-refractivity contribution < 1.29 is 4.52 Å². The molecule has 1 fully saturated rings. The van der Waals surface area contributed by atoms with Gasteiger partial charge in [0.1, 0.15) is 5.76 Å². The Kier molecular flexibility index (Phi) is 5.89. The minimum absolute atomic E-state index is 0. The first-order valence-corrected chi connectivity index (χ1v) is 9.20. The van der Waals surface area contributed by atoms with Gasteiger partial charge >= 0.3 is 0 Å². The van der Waals surface area contributed by atoms with Crippen LogP contribution in [-0.4, -0.2) is 24.2 Å². The summed E-state index contributed by atoms with van der Waals surface area (Å²) in [6.07, 6.45) is 1.24. The topological polar surface area (TPSA) is 62.5 Å². The van der Waals surface area contributed by atoms with Gasteiger partial charge in [0.05, 0.1) is 12.2 Å². The minimum atomic E-state index is 0. The normalized spacial score (nSPS) is 23.0. The van der Waals surface area contributed by atoms with Crippen molar-refractivity contribution in [2.24, 2.45) is 16.8 Å². The van der Waals surface area contributed by atoms with Gasteiger partial charge in [-0.2, -0.15) is 0 Å². The number of fused-ring (bicyclic) bond motifs is 3. The van der Waals surface area contributed by atoms with Crippen LogP contribution in [0.2, 0.25) is 0 Å². The van der Waals surface area contributed by atoms with Crippen molar-refractivity contribution in [1.82, 2.24) is 15.8 Å². The maximum absolute atomic E-state index is 5.22. The van der Waals surface area contributed by atoms with E-state index < -0.39 is 0 Å². The van der Waals surface area contributed by atoms with Gasteiger partial charge in [0, 0.05) is 18.7 Å². The Morgan fingerprint density at radius 1 is 1.27 bits per heavy atom. The van der Waals surface area contributed by atoms with E-state index in [-0.39, 0.29) is 24.0 Å². The third kappa shape index (κ3) is 3.61. The van der Waals surface area contributed by atoms with Gasteiger partial charge in [-0.15, -0.1) is 24.0 Å². The van der Waals surface area contributed by atoms with E-state index >= 15 is 0 Å². The first-order valence-electron chi connectivity index (χ1n) is 9.20. The standard InChI is InChI=1S/C20H26N4O.HI/c1-4-21-20(22-10-17-12(2)24-25-13(17)3)23-11-18-16-9-14-7-5-6-8-15(14)19(16)18;/h5-8,16,18-19H,4,9-11H2,1-3H3,(H2,21,22,23);1H. The second-order valence-corrected chi connectivity index (χ2v) is 7.14. The molecule has 0 saturated heterocycles. The molecular weight excluding hydrogens is 439 g/mol. The first-order chi connectivity index (χ1) is 12.2. The lowest BCUT2D eigenvalue weighted by Gasteiger charge is -2.13. The molecular formula is C20H27IN4O. The van der Waals surface area contributed by atoms with E-state index in [4.69, 9.17) is 9.52 Å². The molecule has 5 nitrogen and oxygen atoms in total. The highest BCUT2D eigenvalue weighted by Crippen LogP contribution is 2.60. The van der Waals surface area contributed by atoms with Crippen LogP contribution in [0.15, 0.2) is 33.8 Å². The number of benzene rings is 1. The van der Waals surface area contributed by atoms with Gasteiger partial charge < -0.3 is 15.2 Å². The summed E-state index contributed by atoms with van der Waals surface area (Å²) in [4.78, 5) is 4.71. The molecule has 2 aliphatic rings. The average molecular weight is 466 g/mol. The highest BCUT2D eigenvalue weighted by atomic mass is 127. The Bertz CT molecular complexity index is 781. The molecule has 3 atom stereocenters. The Morgan fingerprint density at radius 2 is 2.08 bits per heavy atom. The number of hydrogen-bond donors (Lipinski definition) is 2. The third-order valence-corrected chi connectivity index (χ3v) is 5.63. The molecule has 1 heterocycles. The second-order valence-electron chi connectivity index (χ2n) is 7.14. The number of halogens is 1. The van der Waals surface area contributed by atoms with Crippen LogP contribution in [0.3, 0.4) is 0 Å². The van der Waals surface area contributed by atoms with Crippen LogP contribution in [-0.2, 0) is 13.0 Å². The summed E-state index contributed by atoms with van der Waals surface area (Å²) in [6, 6.07) is 8.90. The molecule has 0 aliphatic heterocycles. The van der Waals surface area contributed by atoms with Gasteiger partial charge in [-0.25, -0.2) is 4.99 Å². The van der Waals surface area contributed by atoms with Gasteiger partial charge in [-0.05, 0) is 56.1 Å². The smallest absolute Gasteiger partial charge is 0.191 e. The number of nitrogens with zero attached hydrogens (tertiary/aromatic N) is 2. The zero-order valence-electron chi connectivity index (χ0n) is 15.6. The molecule has 2 aliphatic carbocycles. The fraction of sp³-hybridized carbons (Fsp3) is 0.500. The summed E-state index contributed by atoms with van der Waals surface area (Å²) >= 11 is 0. The molecule has 0 amide bonds. The Hall–Kier alpha value is -1.57. The molecule has 2 aromatic rings. The van der Waals surface area contributed by atoms with Gasteiger partial charge in [-0.1, -0.05) is 29.4 Å². The van der Waals surface area contributed by atoms with E-state index in [9.17, 15) is 0 Å². The van der Waals surface area contributed by atoms with Crippen LogP contribution in [0.1, 0.15) is 41.0 Å². The van der Waals surface area contributed by atoms with Gasteiger partial charge in [-0.3, -0.25) is 0 Å². The lowest BCUT2D eigenvalue weighted by molar-refractivity contribution is 0.392. The lowest BCUT2D eigenvalue weighted by Crippen LogP contribution is -2.38. The van der Waals surface area contributed by atoms with Crippen LogP contribution in [0, 0.1) is 25.7 Å². The average Bonchev–Trinajstić information content (AvgIpc) is 2.98. The molecule has 140 valence electrons. The zero-order chi connectivity index (χ0) is 17.4. The molecule has 1 aromatic carbocycles. The number of aliphatic imine (C=N–C) groups is 1. The van der Waals surface area contributed by atoms with E-state index in [0.717, 1.165) is 53.8 Å². The maximum atomic E-state index is 5.22. The lowest BCUT2D eigenvalue weighted by atomic mass is 10.0. The quantitative estimate of drug-likeness (QED) is 0.402. The van der Waals surface area contributed by atoms with Crippen LogP contribution in [0.4, 0.5) is 0 Å². The van der Waals surface area contributed by atoms with Crippen molar-refractivity contribution >= 4 is 29.9 Å². The molecule has 1 aromatic heterocycles. The summed E-state index contributed by atoms with van der Waals surface area (Å²) in [5.74, 6) is 4.02. The third-order valence-electron chi connectivity index (χ3n) is 5.63. The van der Waals surface area contributed by atoms with Gasteiger partial charge in [0.15, 0.2) is 5.96 Å². The fourth-order valence-corrected chi connectivity index (χ4v) is 4.20. The van der Waals surface area contributed by atoms with Crippen molar-refractivity contribution in [3.8, 4) is 0 Å². The summed E-state index contributed by atoms with van der Waals surface area (Å²) < 4.78 is 5.22. The first kappa shape index (κ1) is 19.2. The van der Waals surface area contributed by atoms with Crippen molar-refractivity contribution in [3.05, 3.63) is 52.4 Å². The van der Waals surface area contributed by atoms with Crippen LogP contribution >= 0.6 is 24.0 Å². The fourth-order valence-electron chi connectivity index (χ4n) is 4.20. The summed E-state index contributed by atoms with van der Waals surface area (Å²) in [5.41, 5.74) is 5.12. The molecule has 0 bridgehead atoms. The largest absolute Gasteiger partial charge is 0.361 e. The van der Waals surface area contributed by atoms with Crippen molar-refractivity contribution in [2.75, 3.05) is 13.1 Å². The number of aromatic nitrogens is 1. The van der Waals surface area contributed by atoms with Crippen molar-refractivity contribution in [3.63, 3.8) is 0 Å². The van der Waals surface area contributed by atoms with Crippen LogP contribution < -0.4 is 10.6 Å². The van der Waals surface area contributed by atoms with E-state index in [1.54, 1.807) is 11.1 Å². The van der Waals surface area contributed by atoms with E-state index in [0.29, 0.717) is 6.54 Å². The van der Waals surface area contributed by atoms with E-state index in [1.165, 1.54) is 6.42 Å². The molecule has 3 unspecified atom stereocenters. The molecule has 0 radical (unpaired) electrons. The number of guanidine groups is 1. The Morgan fingerprint density at radius 3 is 2.81 bits per heavy atom. The summed E-state index contributed by atoms with van der Waals surface area (Å²) in [6.45, 7) is 8.43. The van der Waals surface area contributed by atoms with Crippen LogP contribution in [0.5, 0.6) is 0 Å². The van der Waals surface area contributed by atoms with E-state index in [1.807, 2.05) is 13.8 Å². The predicted molar refractivity (Wildman–Crippen MR) is 114 cm³/mol. The highest BCUT2D eigenvalue weighted by molar-refractivity contribution is 14.0. The number of rotatable bonds is 5. The predicted octanol–water partition coefficient (Wildman–Crippen LogP) is 3.55. The number of hydrogen-bond acceptors (Lipinski definition) is 3. The maximum Gasteiger partial charge on any atom is 0.191 e. The van der Waals surface area contributed by atoms with Crippen LogP contribution in [0.25, 0.3) is 0 Å².